The molecular weight excluding hydrogens is 180 g/mol. The van der Waals surface area contributed by atoms with Gasteiger partial charge in [-0.05, 0) is 30.7 Å². The molecule has 14 heavy (non-hydrogen) atoms. The van der Waals surface area contributed by atoms with Gasteiger partial charge >= 0.3 is 0 Å². The number of anilines is 1. The van der Waals surface area contributed by atoms with Gasteiger partial charge in [-0.3, -0.25) is 15.2 Å². The lowest BCUT2D eigenvalue weighted by Gasteiger charge is -2.29. The van der Waals surface area contributed by atoms with Crippen LogP contribution >= 0.6 is 0 Å². The monoisotopic (exact) mass is 192 g/mol. The molecular formula is C10H12N2O2. The molecule has 1 amide bonds. The van der Waals surface area contributed by atoms with E-state index in [-0.39, 0.29) is 11.7 Å². The van der Waals surface area contributed by atoms with Gasteiger partial charge < -0.3 is 5.11 Å². The first-order valence-electron chi connectivity index (χ1n) is 4.62. The number of rotatable bonds is 1. The number of benzene rings is 1. The molecule has 2 rings (SSSR count). The van der Waals surface area contributed by atoms with E-state index in [0.29, 0.717) is 6.42 Å². The molecule has 0 saturated carbocycles. The zero-order valence-corrected chi connectivity index (χ0v) is 7.73. The molecule has 1 aromatic rings. The number of amides is 1. The van der Waals surface area contributed by atoms with Crippen molar-refractivity contribution >= 4 is 11.6 Å². The van der Waals surface area contributed by atoms with Gasteiger partial charge in [-0.2, -0.15) is 0 Å². The predicted octanol–water partition coefficient (Wildman–Crippen LogP) is 1.02. The van der Waals surface area contributed by atoms with Crippen molar-refractivity contribution in [3.8, 4) is 5.75 Å². The quantitative estimate of drug-likeness (QED) is 0.698. The number of hydrazine groups is 1. The molecule has 0 atom stereocenters. The molecule has 0 aromatic heterocycles. The van der Waals surface area contributed by atoms with Crippen LogP contribution in [0, 0.1) is 0 Å². The molecule has 0 radical (unpaired) electrons. The van der Waals surface area contributed by atoms with Crippen molar-refractivity contribution in [2.24, 2.45) is 0 Å². The summed E-state index contributed by atoms with van der Waals surface area (Å²) in [4.78, 5) is 11.1. The number of carbonyl (C=O) groups is 1. The van der Waals surface area contributed by atoms with Gasteiger partial charge in [0.05, 0.1) is 5.69 Å². The molecule has 2 N–H and O–H groups in total. The fraction of sp³-hybridized carbons (Fsp3) is 0.300. The Hall–Kier alpha value is -1.71. The van der Waals surface area contributed by atoms with E-state index < -0.39 is 0 Å². The Morgan fingerprint density at radius 2 is 2.00 bits per heavy atom. The maximum atomic E-state index is 11.1. The number of nitrogens with one attached hydrogen (secondary N) is 1. The normalized spacial score (nSPS) is 16.6. The van der Waals surface area contributed by atoms with Gasteiger partial charge in [0.1, 0.15) is 5.75 Å². The third kappa shape index (κ3) is 1.79. The maximum absolute atomic E-state index is 11.1. The Labute approximate surface area is 82.1 Å². The number of hydrogen-bond acceptors (Lipinski definition) is 3. The molecule has 0 aliphatic carbocycles. The lowest BCUT2D eigenvalue weighted by Crippen LogP contribution is -2.46. The lowest BCUT2D eigenvalue weighted by atomic mass is 10.2. The zero-order chi connectivity index (χ0) is 9.97. The van der Waals surface area contributed by atoms with Crippen LogP contribution in [0.3, 0.4) is 0 Å². The van der Waals surface area contributed by atoms with E-state index in [9.17, 15) is 4.79 Å². The van der Waals surface area contributed by atoms with E-state index in [1.807, 2.05) is 0 Å². The zero-order valence-electron chi connectivity index (χ0n) is 7.73. The fourth-order valence-corrected chi connectivity index (χ4v) is 1.49. The van der Waals surface area contributed by atoms with E-state index in [2.05, 4.69) is 5.43 Å². The lowest BCUT2D eigenvalue weighted by molar-refractivity contribution is -0.122. The van der Waals surface area contributed by atoms with Crippen molar-refractivity contribution < 1.29 is 9.90 Å². The highest BCUT2D eigenvalue weighted by Crippen LogP contribution is 2.18. The van der Waals surface area contributed by atoms with Gasteiger partial charge in [0.2, 0.25) is 5.91 Å². The Kier molecular flexibility index (Phi) is 2.26. The number of nitrogens with zero attached hydrogens (tertiary/aromatic N) is 1. The summed E-state index contributed by atoms with van der Waals surface area (Å²) in [5.74, 6) is 0.279. The Balaban J connectivity index is 2.14. The average Bonchev–Trinajstić information content (AvgIpc) is 2.19. The Bertz CT molecular complexity index is 334. The molecule has 4 nitrogen and oxygen atoms in total. The maximum Gasteiger partial charge on any atom is 0.238 e. The van der Waals surface area contributed by atoms with E-state index in [4.69, 9.17) is 5.11 Å². The van der Waals surface area contributed by atoms with Crippen LogP contribution in [0.15, 0.2) is 24.3 Å². The third-order valence-electron chi connectivity index (χ3n) is 2.21. The number of phenolic OH excluding ortho intramolecular Hbond substituents is 1. The molecule has 1 aliphatic heterocycles. The molecule has 1 saturated heterocycles. The summed E-state index contributed by atoms with van der Waals surface area (Å²) in [5, 5.41) is 10.9. The van der Waals surface area contributed by atoms with Crippen molar-refractivity contribution in [2.75, 3.05) is 11.6 Å². The second-order valence-electron chi connectivity index (χ2n) is 3.31. The summed E-state index contributed by atoms with van der Waals surface area (Å²) in [5.41, 5.74) is 3.66. The molecule has 1 aromatic carbocycles. The topological polar surface area (TPSA) is 52.6 Å². The Morgan fingerprint density at radius 3 is 2.64 bits per heavy atom. The third-order valence-corrected chi connectivity index (χ3v) is 2.21. The first-order chi connectivity index (χ1) is 6.75. The summed E-state index contributed by atoms with van der Waals surface area (Å²) < 4.78 is 0. The van der Waals surface area contributed by atoms with Gasteiger partial charge in [0.25, 0.3) is 0 Å². The van der Waals surface area contributed by atoms with Gasteiger partial charge in [-0.25, -0.2) is 0 Å². The minimum Gasteiger partial charge on any atom is -0.508 e. The SMILES string of the molecule is O=C1CCCN(c2ccc(O)cc2)N1. The second-order valence-corrected chi connectivity index (χ2v) is 3.31. The van der Waals surface area contributed by atoms with Crippen molar-refractivity contribution in [3.05, 3.63) is 24.3 Å². The summed E-state index contributed by atoms with van der Waals surface area (Å²) in [6.07, 6.45) is 1.46. The van der Waals surface area contributed by atoms with Crippen LogP contribution in [0.4, 0.5) is 5.69 Å². The smallest absolute Gasteiger partial charge is 0.238 e. The standard InChI is InChI=1S/C10H12N2O2/c13-9-5-3-8(4-6-9)12-7-1-2-10(14)11-12/h3-6,13H,1-2,7H2,(H,11,14). The van der Waals surface area contributed by atoms with Crippen LogP contribution in [-0.4, -0.2) is 17.6 Å². The molecule has 1 heterocycles. The minimum atomic E-state index is 0.0457. The van der Waals surface area contributed by atoms with E-state index >= 15 is 0 Å². The van der Waals surface area contributed by atoms with Crippen molar-refractivity contribution in [2.45, 2.75) is 12.8 Å². The molecule has 1 aliphatic rings. The fourth-order valence-electron chi connectivity index (χ4n) is 1.49. The number of carbonyl (C=O) groups excluding carboxylic acids is 1. The van der Waals surface area contributed by atoms with E-state index in [0.717, 1.165) is 18.7 Å². The van der Waals surface area contributed by atoms with Gasteiger partial charge in [0.15, 0.2) is 0 Å². The predicted molar refractivity (Wildman–Crippen MR) is 52.8 cm³/mol. The molecule has 1 fully saturated rings. The molecule has 0 unspecified atom stereocenters. The minimum absolute atomic E-state index is 0.0457. The van der Waals surface area contributed by atoms with E-state index in [1.165, 1.54) is 0 Å². The van der Waals surface area contributed by atoms with Gasteiger partial charge in [0, 0.05) is 13.0 Å². The average molecular weight is 192 g/mol. The first kappa shape index (κ1) is 8.87. The van der Waals surface area contributed by atoms with Crippen LogP contribution in [0.25, 0.3) is 0 Å². The summed E-state index contributed by atoms with van der Waals surface area (Å²) >= 11 is 0. The van der Waals surface area contributed by atoms with Crippen molar-refractivity contribution in [1.82, 2.24) is 5.43 Å². The molecule has 0 bridgehead atoms. The van der Waals surface area contributed by atoms with Crippen molar-refractivity contribution in [1.29, 1.82) is 0 Å². The molecule has 0 spiro atoms. The van der Waals surface area contributed by atoms with Gasteiger partial charge in [-0.15, -0.1) is 0 Å². The highest BCUT2D eigenvalue weighted by atomic mass is 16.3. The first-order valence-corrected chi connectivity index (χ1v) is 4.62. The molecule has 74 valence electrons. The van der Waals surface area contributed by atoms with Crippen LogP contribution in [0.2, 0.25) is 0 Å². The summed E-state index contributed by atoms with van der Waals surface area (Å²) in [7, 11) is 0. The number of hydrogen-bond donors (Lipinski definition) is 2. The number of phenols is 1. The summed E-state index contributed by atoms with van der Waals surface area (Å²) in [6.45, 7) is 0.816. The van der Waals surface area contributed by atoms with Gasteiger partial charge in [-0.1, -0.05) is 0 Å². The largest absolute Gasteiger partial charge is 0.508 e. The van der Waals surface area contributed by atoms with Crippen molar-refractivity contribution in [3.63, 3.8) is 0 Å². The van der Waals surface area contributed by atoms with Crippen LogP contribution in [-0.2, 0) is 4.79 Å². The number of aromatic hydroxyl groups is 1. The highest BCUT2D eigenvalue weighted by molar-refractivity contribution is 5.79. The van der Waals surface area contributed by atoms with E-state index in [1.54, 1.807) is 29.3 Å². The molecule has 4 heteroatoms. The highest BCUT2D eigenvalue weighted by Gasteiger charge is 2.15. The summed E-state index contributed by atoms with van der Waals surface area (Å²) in [6, 6.07) is 6.77. The van der Waals surface area contributed by atoms with Crippen LogP contribution < -0.4 is 10.4 Å². The second kappa shape index (κ2) is 3.57. The van der Waals surface area contributed by atoms with Crippen LogP contribution in [0.5, 0.6) is 5.75 Å². The van der Waals surface area contributed by atoms with Crippen LogP contribution in [0.1, 0.15) is 12.8 Å². The Morgan fingerprint density at radius 1 is 1.29 bits per heavy atom.